The molecule has 1 aliphatic rings. The van der Waals surface area contributed by atoms with E-state index in [4.69, 9.17) is 9.47 Å². The number of ether oxygens (including phenoxy) is 2. The van der Waals surface area contributed by atoms with E-state index < -0.39 is 11.9 Å². The number of aliphatic hydroxyl groups excluding tert-OH is 1. The highest BCUT2D eigenvalue weighted by atomic mass is 16.6. The highest BCUT2D eigenvalue weighted by molar-refractivity contribution is 5.39. The number of nitrogens with zero attached hydrogens (tertiary/aromatic N) is 1. The van der Waals surface area contributed by atoms with Crippen LogP contribution >= 0.6 is 0 Å². The van der Waals surface area contributed by atoms with Gasteiger partial charge in [0, 0.05) is 17.3 Å². The van der Waals surface area contributed by atoms with Crippen LogP contribution in [0.25, 0.3) is 0 Å². The Bertz CT molecular complexity index is 396. The molecule has 0 fully saturated rings. The summed E-state index contributed by atoms with van der Waals surface area (Å²) in [4.78, 5) is 4.04. The van der Waals surface area contributed by atoms with Crippen molar-refractivity contribution in [3.63, 3.8) is 0 Å². The molecule has 2 atom stereocenters. The number of rotatable bonds is 2. The van der Waals surface area contributed by atoms with Crippen LogP contribution in [-0.4, -0.2) is 28.6 Å². The molecule has 0 aromatic carbocycles. The highest BCUT2D eigenvalue weighted by Crippen LogP contribution is 2.39. The van der Waals surface area contributed by atoms with E-state index in [2.05, 4.69) is 4.98 Å². The number of fused-ring (bicyclic) bond motifs is 1. The second-order valence-electron chi connectivity index (χ2n) is 3.79. The van der Waals surface area contributed by atoms with Crippen molar-refractivity contribution in [2.45, 2.75) is 31.8 Å². The van der Waals surface area contributed by atoms with Gasteiger partial charge in [-0.25, -0.2) is 4.98 Å². The number of aliphatic hydroxyl groups is 2. The Morgan fingerprint density at radius 2 is 2.44 bits per heavy atom. The first-order valence-corrected chi connectivity index (χ1v) is 5.18. The first-order chi connectivity index (χ1) is 7.63. The van der Waals surface area contributed by atoms with Crippen LogP contribution in [0.4, 0.5) is 0 Å². The lowest BCUT2D eigenvalue weighted by Gasteiger charge is -2.37. The minimum atomic E-state index is -1.39. The van der Waals surface area contributed by atoms with Crippen molar-refractivity contribution in [1.82, 2.24) is 4.98 Å². The van der Waals surface area contributed by atoms with Gasteiger partial charge in [-0.05, 0) is 12.5 Å². The molecule has 16 heavy (non-hydrogen) atoms. The minimum absolute atomic E-state index is 0.190. The van der Waals surface area contributed by atoms with Crippen molar-refractivity contribution in [1.29, 1.82) is 0 Å². The van der Waals surface area contributed by atoms with Gasteiger partial charge in [-0.3, -0.25) is 0 Å². The summed E-state index contributed by atoms with van der Waals surface area (Å²) < 4.78 is 10.2. The fourth-order valence-corrected chi connectivity index (χ4v) is 1.99. The Kier molecular flexibility index (Phi) is 2.84. The molecule has 0 unspecified atom stereocenters. The summed E-state index contributed by atoms with van der Waals surface area (Å²) in [6, 6.07) is 1.69. The van der Waals surface area contributed by atoms with Gasteiger partial charge in [0.15, 0.2) is 6.29 Å². The molecule has 0 saturated carbocycles. The SMILES string of the molecule is CC[C@]1(O)c2ccnc(OC)c2CO[C@H]1O. The average molecular weight is 225 g/mol. The summed E-state index contributed by atoms with van der Waals surface area (Å²) in [5.74, 6) is 0.427. The molecule has 5 nitrogen and oxygen atoms in total. The van der Waals surface area contributed by atoms with Crippen molar-refractivity contribution in [3.05, 3.63) is 23.4 Å². The van der Waals surface area contributed by atoms with Gasteiger partial charge in [0.25, 0.3) is 0 Å². The molecule has 1 aromatic rings. The van der Waals surface area contributed by atoms with Crippen LogP contribution in [0.2, 0.25) is 0 Å². The average Bonchev–Trinajstić information content (AvgIpc) is 2.33. The number of hydrogen-bond acceptors (Lipinski definition) is 5. The van der Waals surface area contributed by atoms with E-state index >= 15 is 0 Å². The third kappa shape index (κ3) is 1.48. The summed E-state index contributed by atoms with van der Waals surface area (Å²) in [6.07, 6.45) is 0.696. The molecule has 0 saturated heterocycles. The first kappa shape index (κ1) is 11.3. The topological polar surface area (TPSA) is 71.8 Å². The Morgan fingerprint density at radius 3 is 3.06 bits per heavy atom. The van der Waals surface area contributed by atoms with E-state index in [1.54, 1.807) is 19.2 Å². The summed E-state index contributed by atoms with van der Waals surface area (Å²) in [5, 5.41) is 20.1. The maximum Gasteiger partial charge on any atom is 0.218 e. The molecule has 1 aliphatic heterocycles. The van der Waals surface area contributed by atoms with Gasteiger partial charge in [-0.1, -0.05) is 6.92 Å². The van der Waals surface area contributed by atoms with Gasteiger partial charge in [-0.2, -0.15) is 0 Å². The Balaban J connectivity index is 2.57. The molecular formula is C11H15NO4. The molecule has 2 heterocycles. The highest BCUT2D eigenvalue weighted by Gasteiger charge is 2.42. The molecule has 0 radical (unpaired) electrons. The Morgan fingerprint density at radius 1 is 1.69 bits per heavy atom. The summed E-state index contributed by atoms with van der Waals surface area (Å²) in [7, 11) is 1.51. The largest absolute Gasteiger partial charge is 0.481 e. The van der Waals surface area contributed by atoms with Gasteiger partial charge in [0.2, 0.25) is 5.88 Å². The zero-order valence-electron chi connectivity index (χ0n) is 9.30. The molecule has 0 amide bonds. The molecule has 0 bridgehead atoms. The molecule has 1 aromatic heterocycles. The second-order valence-corrected chi connectivity index (χ2v) is 3.79. The zero-order chi connectivity index (χ0) is 11.8. The van der Waals surface area contributed by atoms with Crippen molar-refractivity contribution in [3.8, 4) is 5.88 Å². The van der Waals surface area contributed by atoms with Crippen LogP contribution in [0.3, 0.4) is 0 Å². The van der Waals surface area contributed by atoms with Gasteiger partial charge in [-0.15, -0.1) is 0 Å². The summed E-state index contributed by atoms with van der Waals surface area (Å²) in [5.41, 5.74) is -0.0654. The lowest BCUT2D eigenvalue weighted by Crippen LogP contribution is -2.44. The third-order valence-corrected chi connectivity index (χ3v) is 3.01. The molecule has 2 N–H and O–H groups in total. The van der Waals surface area contributed by atoms with Gasteiger partial charge in [0.1, 0.15) is 5.60 Å². The molecule has 0 aliphatic carbocycles. The van der Waals surface area contributed by atoms with E-state index in [1.807, 2.05) is 0 Å². The standard InChI is InChI=1S/C11H15NO4/c1-3-11(14)8-4-5-12-9(15-2)7(8)6-16-10(11)13/h4-5,10,13-14H,3,6H2,1-2H3/t10-,11+/m1/s1. The molecule has 0 spiro atoms. The number of methoxy groups -OCH3 is 1. The molecule has 88 valence electrons. The fourth-order valence-electron chi connectivity index (χ4n) is 1.99. The van der Waals surface area contributed by atoms with E-state index in [0.29, 0.717) is 23.4 Å². The lowest BCUT2D eigenvalue weighted by molar-refractivity contribution is -0.236. The van der Waals surface area contributed by atoms with Crippen LogP contribution < -0.4 is 4.74 Å². The Labute approximate surface area is 93.7 Å². The predicted octanol–water partition coefficient (Wildman–Crippen LogP) is 0.536. The zero-order valence-corrected chi connectivity index (χ0v) is 9.30. The molecule has 2 rings (SSSR count). The fraction of sp³-hybridized carbons (Fsp3) is 0.545. The summed E-state index contributed by atoms with van der Waals surface area (Å²) in [6.45, 7) is 1.98. The van der Waals surface area contributed by atoms with Crippen LogP contribution in [-0.2, 0) is 16.9 Å². The second kappa shape index (κ2) is 4.01. The van der Waals surface area contributed by atoms with Crippen molar-refractivity contribution >= 4 is 0 Å². The first-order valence-electron chi connectivity index (χ1n) is 5.18. The van der Waals surface area contributed by atoms with Gasteiger partial charge in [0.05, 0.1) is 13.7 Å². The van der Waals surface area contributed by atoms with Crippen molar-refractivity contribution in [2.75, 3.05) is 7.11 Å². The molecule has 5 heteroatoms. The van der Waals surface area contributed by atoms with Crippen molar-refractivity contribution < 1.29 is 19.7 Å². The summed E-state index contributed by atoms with van der Waals surface area (Å²) >= 11 is 0. The monoisotopic (exact) mass is 225 g/mol. The number of pyridine rings is 1. The van der Waals surface area contributed by atoms with Crippen LogP contribution in [0.5, 0.6) is 5.88 Å². The quantitative estimate of drug-likeness (QED) is 0.768. The van der Waals surface area contributed by atoms with Crippen LogP contribution in [0.15, 0.2) is 12.3 Å². The normalized spacial score (nSPS) is 28.6. The van der Waals surface area contributed by atoms with Gasteiger partial charge < -0.3 is 19.7 Å². The van der Waals surface area contributed by atoms with E-state index in [0.717, 1.165) is 0 Å². The Hall–Kier alpha value is -1.17. The van der Waals surface area contributed by atoms with Crippen LogP contribution in [0, 0.1) is 0 Å². The van der Waals surface area contributed by atoms with E-state index in [1.165, 1.54) is 7.11 Å². The van der Waals surface area contributed by atoms with E-state index in [-0.39, 0.29) is 6.61 Å². The smallest absolute Gasteiger partial charge is 0.218 e. The maximum atomic E-state index is 10.4. The van der Waals surface area contributed by atoms with Gasteiger partial charge >= 0.3 is 0 Å². The minimum Gasteiger partial charge on any atom is -0.481 e. The number of hydrogen-bond donors (Lipinski definition) is 2. The number of aromatic nitrogens is 1. The molecular weight excluding hydrogens is 210 g/mol. The van der Waals surface area contributed by atoms with E-state index in [9.17, 15) is 10.2 Å². The predicted molar refractivity (Wildman–Crippen MR) is 55.8 cm³/mol. The third-order valence-electron chi connectivity index (χ3n) is 3.01. The lowest BCUT2D eigenvalue weighted by atomic mass is 9.86. The van der Waals surface area contributed by atoms with Crippen molar-refractivity contribution in [2.24, 2.45) is 0 Å². The van der Waals surface area contributed by atoms with Crippen LogP contribution in [0.1, 0.15) is 24.5 Å². The maximum absolute atomic E-state index is 10.4.